The number of anilines is 1. The number of benzene rings is 1. The largest absolute Gasteiger partial charge is 0.369 e. The van der Waals surface area contributed by atoms with Crippen molar-refractivity contribution >= 4 is 21.7 Å². The second-order valence-electron chi connectivity index (χ2n) is 5.47. The van der Waals surface area contributed by atoms with E-state index in [4.69, 9.17) is 9.97 Å². The number of hydrogen-bond donors (Lipinski definition) is 1. The second kappa shape index (κ2) is 6.56. The Hall–Kier alpha value is -1.42. The highest BCUT2D eigenvalue weighted by Crippen LogP contribution is 2.37. The molecule has 0 aliphatic heterocycles. The predicted octanol–water partition coefficient (Wildman–Crippen LogP) is 5.00. The van der Waals surface area contributed by atoms with Crippen LogP contribution in [0.2, 0.25) is 0 Å². The zero-order valence-corrected chi connectivity index (χ0v) is 13.9. The summed E-state index contributed by atoms with van der Waals surface area (Å²) >= 11 is 3.67. The Bertz CT molecular complexity index is 607. The first kappa shape index (κ1) is 14.5. The third-order valence-electron chi connectivity index (χ3n) is 3.98. The Kier molecular flexibility index (Phi) is 4.54. The Morgan fingerprint density at radius 2 is 1.86 bits per heavy atom. The SMILES string of the molecule is CCNc1nc(C2CCCC2)nc(-c2ccccc2)c1Br. The number of nitrogens with one attached hydrogen (secondary N) is 1. The molecule has 0 bridgehead atoms. The van der Waals surface area contributed by atoms with Gasteiger partial charge in [-0.15, -0.1) is 0 Å². The fourth-order valence-corrected chi connectivity index (χ4v) is 3.45. The van der Waals surface area contributed by atoms with Crippen molar-refractivity contribution in [1.29, 1.82) is 0 Å². The first-order chi connectivity index (χ1) is 10.3. The molecule has 0 spiro atoms. The average molecular weight is 346 g/mol. The van der Waals surface area contributed by atoms with Gasteiger partial charge in [0.25, 0.3) is 0 Å². The van der Waals surface area contributed by atoms with Crippen LogP contribution in [0.3, 0.4) is 0 Å². The van der Waals surface area contributed by atoms with Crippen molar-refractivity contribution in [3.63, 3.8) is 0 Å². The van der Waals surface area contributed by atoms with Gasteiger partial charge in [0.2, 0.25) is 0 Å². The highest BCUT2D eigenvalue weighted by molar-refractivity contribution is 9.10. The molecule has 1 fully saturated rings. The van der Waals surface area contributed by atoms with Gasteiger partial charge in [0.15, 0.2) is 0 Å². The lowest BCUT2D eigenvalue weighted by molar-refractivity contribution is 0.669. The van der Waals surface area contributed by atoms with Crippen LogP contribution in [0.25, 0.3) is 11.3 Å². The number of nitrogens with zero attached hydrogens (tertiary/aromatic N) is 2. The van der Waals surface area contributed by atoms with Crippen LogP contribution in [0.4, 0.5) is 5.82 Å². The van der Waals surface area contributed by atoms with E-state index in [2.05, 4.69) is 40.3 Å². The van der Waals surface area contributed by atoms with Crippen molar-refractivity contribution in [2.45, 2.75) is 38.5 Å². The zero-order chi connectivity index (χ0) is 14.7. The molecule has 0 radical (unpaired) electrons. The normalized spacial score (nSPS) is 15.3. The summed E-state index contributed by atoms with van der Waals surface area (Å²) in [5, 5.41) is 3.35. The summed E-state index contributed by atoms with van der Waals surface area (Å²) in [4.78, 5) is 9.63. The first-order valence-electron chi connectivity index (χ1n) is 7.66. The van der Waals surface area contributed by atoms with Crippen molar-refractivity contribution in [3.05, 3.63) is 40.6 Å². The van der Waals surface area contributed by atoms with Crippen LogP contribution in [0.15, 0.2) is 34.8 Å². The fourth-order valence-electron chi connectivity index (χ4n) is 2.90. The molecule has 1 heterocycles. The summed E-state index contributed by atoms with van der Waals surface area (Å²) in [5.74, 6) is 2.41. The molecule has 1 aliphatic rings. The molecule has 3 nitrogen and oxygen atoms in total. The highest BCUT2D eigenvalue weighted by atomic mass is 79.9. The van der Waals surface area contributed by atoms with E-state index in [1.54, 1.807) is 0 Å². The van der Waals surface area contributed by atoms with Crippen LogP contribution in [-0.2, 0) is 0 Å². The predicted molar refractivity (Wildman–Crippen MR) is 90.5 cm³/mol. The van der Waals surface area contributed by atoms with E-state index < -0.39 is 0 Å². The van der Waals surface area contributed by atoms with Gasteiger partial charge in [-0.1, -0.05) is 43.2 Å². The van der Waals surface area contributed by atoms with Gasteiger partial charge in [-0.2, -0.15) is 0 Å². The lowest BCUT2D eigenvalue weighted by Gasteiger charge is -2.15. The third kappa shape index (κ3) is 3.10. The van der Waals surface area contributed by atoms with Gasteiger partial charge in [0, 0.05) is 18.0 Å². The van der Waals surface area contributed by atoms with E-state index in [1.807, 2.05) is 18.2 Å². The Balaban J connectivity index is 2.08. The first-order valence-corrected chi connectivity index (χ1v) is 8.45. The van der Waals surface area contributed by atoms with Crippen LogP contribution in [0.5, 0.6) is 0 Å². The molecule has 1 aromatic carbocycles. The minimum Gasteiger partial charge on any atom is -0.369 e. The van der Waals surface area contributed by atoms with Gasteiger partial charge in [0.1, 0.15) is 11.6 Å². The van der Waals surface area contributed by atoms with Gasteiger partial charge in [-0.3, -0.25) is 0 Å². The van der Waals surface area contributed by atoms with Crippen molar-refractivity contribution in [2.75, 3.05) is 11.9 Å². The maximum absolute atomic E-state index is 4.87. The molecular formula is C17H20BrN3. The minimum atomic E-state index is 0.512. The smallest absolute Gasteiger partial charge is 0.144 e. The summed E-state index contributed by atoms with van der Waals surface area (Å²) in [6, 6.07) is 10.3. The maximum Gasteiger partial charge on any atom is 0.144 e. The molecule has 4 heteroatoms. The lowest BCUT2D eigenvalue weighted by Crippen LogP contribution is -2.08. The average Bonchev–Trinajstić information content (AvgIpc) is 3.05. The highest BCUT2D eigenvalue weighted by Gasteiger charge is 2.23. The summed E-state index contributed by atoms with van der Waals surface area (Å²) < 4.78 is 0.956. The molecule has 0 amide bonds. The molecule has 110 valence electrons. The fraction of sp³-hybridized carbons (Fsp3) is 0.412. The van der Waals surface area contributed by atoms with Crippen molar-refractivity contribution in [1.82, 2.24) is 9.97 Å². The van der Waals surface area contributed by atoms with Crippen LogP contribution < -0.4 is 5.32 Å². The molecule has 1 N–H and O–H groups in total. The number of halogens is 1. The molecule has 1 saturated carbocycles. The van der Waals surface area contributed by atoms with E-state index in [1.165, 1.54) is 25.7 Å². The summed E-state index contributed by atoms with van der Waals surface area (Å²) in [6.07, 6.45) is 5.01. The van der Waals surface area contributed by atoms with Gasteiger partial charge in [-0.05, 0) is 35.7 Å². The summed E-state index contributed by atoms with van der Waals surface area (Å²) in [6.45, 7) is 2.94. The lowest BCUT2D eigenvalue weighted by atomic mass is 10.1. The third-order valence-corrected chi connectivity index (χ3v) is 4.73. The van der Waals surface area contributed by atoms with Gasteiger partial charge >= 0.3 is 0 Å². The molecule has 0 saturated heterocycles. The summed E-state index contributed by atoms with van der Waals surface area (Å²) in [7, 11) is 0. The summed E-state index contributed by atoms with van der Waals surface area (Å²) in [5.41, 5.74) is 2.12. The van der Waals surface area contributed by atoms with Crippen LogP contribution in [0, 0.1) is 0 Å². The minimum absolute atomic E-state index is 0.512. The van der Waals surface area contributed by atoms with Gasteiger partial charge in [0.05, 0.1) is 10.2 Å². The quantitative estimate of drug-likeness (QED) is 0.847. The molecule has 1 aromatic heterocycles. The number of rotatable bonds is 4. The van der Waals surface area contributed by atoms with E-state index in [-0.39, 0.29) is 0 Å². The Morgan fingerprint density at radius 1 is 1.14 bits per heavy atom. The molecule has 3 rings (SSSR count). The number of aromatic nitrogens is 2. The molecular weight excluding hydrogens is 326 g/mol. The van der Waals surface area contributed by atoms with Crippen molar-refractivity contribution in [3.8, 4) is 11.3 Å². The Morgan fingerprint density at radius 3 is 2.52 bits per heavy atom. The molecule has 21 heavy (non-hydrogen) atoms. The van der Waals surface area contributed by atoms with Crippen LogP contribution >= 0.6 is 15.9 Å². The molecule has 0 atom stereocenters. The Labute approximate surface area is 134 Å². The zero-order valence-electron chi connectivity index (χ0n) is 12.3. The monoisotopic (exact) mass is 345 g/mol. The molecule has 1 aliphatic carbocycles. The van der Waals surface area contributed by atoms with E-state index >= 15 is 0 Å². The van der Waals surface area contributed by atoms with Crippen LogP contribution in [-0.4, -0.2) is 16.5 Å². The molecule has 0 unspecified atom stereocenters. The van der Waals surface area contributed by atoms with E-state index in [0.717, 1.165) is 33.9 Å². The second-order valence-corrected chi connectivity index (χ2v) is 6.26. The standard InChI is InChI=1S/C17H20BrN3/c1-2-19-17-14(18)15(12-8-4-3-5-9-12)20-16(21-17)13-10-6-7-11-13/h3-5,8-9,13H,2,6-7,10-11H2,1H3,(H,19,20,21). The van der Waals surface area contributed by atoms with Crippen LogP contribution in [0.1, 0.15) is 44.3 Å². The van der Waals surface area contributed by atoms with Crippen molar-refractivity contribution in [2.24, 2.45) is 0 Å². The number of hydrogen-bond acceptors (Lipinski definition) is 3. The van der Waals surface area contributed by atoms with Gasteiger partial charge < -0.3 is 5.32 Å². The maximum atomic E-state index is 4.87. The molecule has 2 aromatic rings. The van der Waals surface area contributed by atoms with Gasteiger partial charge in [-0.25, -0.2) is 9.97 Å². The van der Waals surface area contributed by atoms with E-state index in [9.17, 15) is 0 Å². The topological polar surface area (TPSA) is 37.8 Å². The van der Waals surface area contributed by atoms with E-state index in [0.29, 0.717) is 5.92 Å². The van der Waals surface area contributed by atoms with Crippen molar-refractivity contribution < 1.29 is 0 Å².